The van der Waals surface area contributed by atoms with E-state index in [1.165, 1.54) is 12.1 Å². The standard InChI is InChI=1S/C26H18Cl2FN5/c27-22-9-8-21(12-23(22)28)34-25(18-3-6-20(29)7-4-18)13-24(33-34)19-5-10-26(32-16-19)31-15-17-2-1-11-30-14-17/h1-14,16H,15H2,(H,31,32). The van der Waals surface area contributed by atoms with Gasteiger partial charge in [-0.3, -0.25) is 4.98 Å². The summed E-state index contributed by atoms with van der Waals surface area (Å²) >= 11 is 12.4. The van der Waals surface area contributed by atoms with Gasteiger partial charge >= 0.3 is 0 Å². The largest absolute Gasteiger partial charge is 0.366 e. The van der Waals surface area contributed by atoms with Gasteiger partial charge < -0.3 is 5.32 Å². The first kappa shape index (κ1) is 22.1. The highest BCUT2D eigenvalue weighted by molar-refractivity contribution is 6.42. The molecule has 5 rings (SSSR count). The van der Waals surface area contributed by atoms with Gasteiger partial charge in [0.25, 0.3) is 0 Å². The van der Waals surface area contributed by atoms with Gasteiger partial charge in [0.15, 0.2) is 0 Å². The van der Waals surface area contributed by atoms with Crippen molar-refractivity contribution in [3.63, 3.8) is 0 Å². The fourth-order valence-corrected chi connectivity index (χ4v) is 3.80. The highest BCUT2D eigenvalue weighted by Crippen LogP contribution is 2.31. The van der Waals surface area contributed by atoms with Crippen molar-refractivity contribution >= 4 is 29.0 Å². The van der Waals surface area contributed by atoms with Crippen LogP contribution < -0.4 is 5.32 Å². The smallest absolute Gasteiger partial charge is 0.126 e. The number of pyridine rings is 2. The fraction of sp³-hybridized carbons (Fsp3) is 0.0385. The van der Waals surface area contributed by atoms with Crippen LogP contribution in [0.4, 0.5) is 10.2 Å². The Labute approximate surface area is 205 Å². The first-order valence-corrected chi connectivity index (χ1v) is 11.2. The maximum Gasteiger partial charge on any atom is 0.126 e. The molecule has 0 aliphatic carbocycles. The molecule has 0 radical (unpaired) electrons. The maximum absolute atomic E-state index is 13.5. The average Bonchev–Trinajstić information content (AvgIpc) is 3.31. The third-order valence-electron chi connectivity index (χ3n) is 5.25. The van der Waals surface area contributed by atoms with E-state index in [9.17, 15) is 4.39 Å². The van der Waals surface area contributed by atoms with E-state index in [1.807, 2.05) is 42.6 Å². The minimum Gasteiger partial charge on any atom is -0.366 e. The van der Waals surface area contributed by atoms with Crippen LogP contribution in [-0.2, 0) is 6.54 Å². The molecule has 8 heteroatoms. The van der Waals surface area contributed by atoms with Gasteiger partial charge in [-0.2, -0.15) is 5.10 Å². The summed E-state index contributed by atoms with van der Waals surface area (Å²) in [5.41, 5.74) is 4.97. The van der Waals surface area contributed by atoms with Gasteiger partial charge in [-0.15, -0.1) is 0 Å². The Kier molecular flexibility index (Phi) is 6.25. The number of hydrogen-bond acceptors (Lipinski definition) is 4. The average molecular weight is 490 g/mol. The van der Waals surface area contributed by atoms with Crippen LogP contribution in [0.15, 0.2) is 91.4 Å². The summed E-state index contributed by atoms with van der Waals surface area (Å²) in [7, 11) is 0. The topological polar surface area (TPSA) is 55.6 Å². The highest BCUT2D eigenvalue weighted by Gasteiger charge is 2.15. The molecule has 0 unspecified atom stereocenters. The zero-order chi connectivity index (χ0) is 23.5. The van der Waals surface area contributed by atoms with E-state index in [2.05, 4.69) is 15.3 Å². The Hall–Kier alpha value is -3.74. The SMILES string of the molecule is Fc1ccc(-c2cc(-c3ccc(NCc4cccnc4)nc3)nn2-c2ccc(Cl)c(Cl)c2)cc1. The molecule has 0 atom stereocenters. The molecule has 2 aromatic carbocycles. The Morgan fingerprint density at radius 1 is 0.853 bits per heavy atom. The lowest BCUT2D eigenvalue weighted by molar-refractivity contribution is 0.628. The molecule has 0 aliphatic rings. The quantitative estimate of drug-likeness (QED) is 0.277. The summed E-state index contributed by atoms with van der Waals surface area (Å²) in [5, 5.41) is 8.96. The molecule has 0 saturated heterocycles. The monoisotopic (exact) mass is 489 g/mol. The van der Waals surface area contributed by atoms with Crippen molar-refractivity contribution < 1.29 is 4.39 Å². The third-order valence-corrected chi connectivity index (χ3v) is 5.99. The molecule has 0 amide bonds. The summed E-state index contributed by atoms with van der Waals surface area (Å²) in [6.07, 6.45) is 5.32. The van der Waals surface area contributed by atoms with Crippen LogP contribution in [0, 0.1) is 5.82 Å². The molecule has 0 fully saturated rings. The number of hydrogen-bond donors (Lipinski definition) is 1. The molecular formula is C26H18Cl2FN5. The Balaban J connectivity index is 1.48. The molecule has 34 heavy (non-hydrogen) atoms. The van der Waals surface area contributed by atoms with Crippen molar-refractivity contribution in [3.8, 4) is 28.2 Å². The van der Waals surface area contributed by atoms with Crippen molar-refractivity contribution in [1.29, 1.82) is 0 Å². The second-order valence-electron chi connectivity index (χ2n) is 7.58. The predicted octanol–water partition coefficient (Wildman–Crippen LogP) is 7.05. The summed E-state index contributed by atoms with van der Waals surface area (Å²) in [6.45, 7) is 0.626. The van der Waals surface area contributed by atoms with E-state index in [0.29, 0.717) is 16.6 Å². The highest BCUT2D eigenvalue weighted by atomic mass is 35.5. The van der Waals surface area contributed by atoms with Crippen LogP contribution in [0.1, 0.15) is 5.56 Å². The Morgan fingerprint density at radius 3 is 2.38 bits per heavy atom. The lowest BCUT2D eigenvalue weighted by Gasteiger charge is -2.09. The number of aromatic nitrogens is 4. The van der Waals surface area contributed by atoms with Gasteiger partial charge in [-0.25, -0.2) is 14.1 Å². The molecule has 3 heterocycles. The van der Waals surface area contributed by atoms with E-state index in [0.717, 1.165) is 39.6 Å². The maximum atomic E-state index is 13.5. The molecule has 1 N–H and O–H groups in total. The lowest BCUT2D eigenvalue weighted by Crippen LogP contribution is -2.01. The zero-order valence-corrected chi connectivity index (χ0v) is 19.3. The predicted molar refractivity (Wildman–Crippen MR) is 134 cm³/mol. The molecule has 0 aliphatic heterocycles. The van der Waals surface area contributed by atoms with E-state index < -0.39 is 0 Å². The van der Waals surface area contributed by atoms with Gasteiger partial charge in [-0.1, -0.05) is 29.3 Å². The molecule has 0 saturated carbocycles. The van der Waals surface area contributed by atoms with Crippen molar-refractivity contribution in [3.05, 3.63) is 113 Å². The van der Waals surface area contributed by atoms with E-state index in [4.69, 9.17) is 28.3 Å². The van der Waals surface area contributed by atoms with Crippen LogP contribution >= 0.6 is 23.2 Å². The number of halogens is 3. The number of nitrogens with zero attached hydrogens (tertiary/aromatic N) is 4. The van der Waals surface area contributed by atoms with Crippen LogP contribution in [-0.4, -0.2) is 19.7 Å². The van der Waals surface area contributed by atoms with Crippen LogP contribution in [0.5, 0.6) is 0 Å². The molecular weight excluding hydrogens is 472 g/mol. The minimum absolute atomic E-state index is 0.303. The first-order chi connectivity index (χ1) is 16.6. The van der Waals surface area contributed by atoms with E-state index in [-0.39, 0.29) is 5.82 Å². The van der Waals surface area contributed by atoms with Crippen molar-refractivity contribution in [1.82, 2.24) is 19.7 Å². The van der Waals surface area contributed by atoms with Crippen molar-refractivity contribution in [2.75, 3.05) is 5.32 Å². The molecule has 5 nitrogen and oxygen atoms in total. The first-order valence-electron chi connectivity index (χ1n) is 10.5. The second kappa shape index (κ2) is 9.63. The van der Waals surface area contributed by atoms with Gasteiger partial charge in [0.2, 0.25) is 0 Å². The van der Waals surface area contributed by atoms with Crippen LogP contribution in [0.25, 0.3) is 28.2 Å². The lowest BCUT2D eigenvalue weighted by atomic mass is 10.1. The molecule has 5 aromatic rings. The molecule has 0 bridgehead atoms. The zero-order valence-electron chi connectivity index (χ0n) is 17.8. The van der Waals surface area contributed by atoms with E-state index >= 15 is 0 Å². The summed E-state index contributed by atoms with van der Waals surface area (Å²) in [4.78, 5) is 8.64. The summed E-state index contributed by atoms with van der Waals surface area (Å²) in [5.74, 6) is 0.443. The second-order valence-corrected chi connectivity index (χ2v) is 8.39. The fourth-order valence-electron chi connectivity index (χ4n) is 3.51. The van der Waals surface area contributed by atoms with Crippen molar-refractivity contribution in [2.24, 2.45) is 0 Å². The molecule has 0 spiro atoms. The summed E-state index contributed by atoms with van der Waals surface area (Å²) < 4.78 is 15.3. The Bertz CT molecular complexity index is 1420. The number of nitrogens with one attached hydrogen (secondary N) is 1. The Morgan fingerprint density at radius 2 is 1.68 bits per heavy atom. The molecule has 3 aromatic heterocycles. The van der Waals surface area contributed by atoms with Gasteiger partial charge in [0, 0.05) is 36.3 Å². The number of rotatable bonds is 6. The van der Waals surface area contributed by atoms with Gasteiger partial charge in [0.1, 0.15) is 11.6 Å². The van der Waals surface area contributed by atoms with Crippen LogP contribution in [0.3, 0.4) is 0 Å². The van der Waals surface area contributed by atoms with Gasteiger partial charge in [0.05, 0.1) is 27.1 Å². The van der Waals surface area contributed by atoms with Crippen molar-refractivity contribution in [2.45, 2.75) is 6.54 Å². The van der Waals surface area contributed by atoms with Gasteiger partial charge in [-0.05, 0) is 72.3 Å². The normalized spacial score (nSPS) is 10.9. The third kappa shape index (κ3) is 4.78. The van der Waals surface area contributed by atoms with E-state index in [1.54, 1.807) is 41.3 Å². The number of anilines is 1. The summed E-state index contributed by atoms with van der Waals surface area (Å²) in [6, 6.07) is 21.3. The minimum atomic E-state index is -0.303. The van der Waals surface area contributed by atoms with Crippen LogP contribution in [0.2, 0.25) is 10.0 Å². The molecule has 168 valence electrons. The number of benzene rings is 2.